The lowest BCUT2D eigenvalue weighted by atomic mass is 10.1. The minimum Gasteiger partial charge on any atom is -0.507 e. The number of hydrogen-bond acceptors (Lipinski definition) is 3. The summed E-state index contributed by atoms with van der Waals surface area (Å²) in [4.78, 5) is 12.0. The van der Waals surface area contributed by atoms with E-state index in [4.69, 9.17) is 11.6 Å². The van der Waals surface area contributed by atoms with Crippen molar-refractivity contribution in [1.82, 2.24) is 5.32 Å². The molecule has 0 spiro atoms. The first-order valence-electron chi connectivity index (χ1n) is 6.01. The van der Waals surface area contributed by atoms with E-state index in [9.17, 15) is 15.0 Å². The molecule has 1 aromatic carbocycles. The quantitative estimate of drug-likeness (QED) is 0.737. The summed E-state index contributed by atoms with van der Waals surface area (Å²) in [5, 5.41) is 22.1. The van der Waals surface area contributed by atoms with Gasteiger partial charge in [0.2, 0.25) is 0 Å². The van der Waals surface area contributed by atoms with Gasteiger partial charge in [0.25, 0.3) is 5.91 Å². The van der Waals surface area contributed by atoms with Crippen LogP contribution in [0.1, 0.15) is 29.6 Å². The maximum atomic E-state index is 12.0. The minimum atomic E-state index is -0.451. The average Bonchev–Trinajstić information content (AvgIpc) is 2.76. The molecule has 2 unspecified atom stereocenters. The largest absolute Gasteiger partial charge is 0.507 e. The lowest BCUT2D eigenvalue weighted by Crippen LogP contribution is -2.38. The fourth-order valence-corrected chi connectivity index (χ4v) is 2.78. The van der Waals surface area contributed by atoms with Gasteiger partial charge in [-0.05, 0) is 30.9 Å². The van der Waals surface area contributed by atoms with Gasteiger partial charge in [-0.25, -0.2) is 0 Å². The van der Waals surface area contributed by atoms with Crippen LogP contribution in [0.5, 0.6) is 11.5 Å². The van der Waals surface area contributed by atoms with Gasteiger partial charge in [-0.1, -0.05) is 12.5 Å². The lowest BCUT2D eigenvalue weighted by Gasteiger charge is -2.19. The second-order valence-corrected chi connectivity index (χ2v) is 4.91. The lowest BCUT2D eigenvalue weighted by molar-refractivity contribution is 0.0924. The number of alkyl halides is 1. The molecule has 0 radical (unpaired) electrons. The Morgan fingerprint density at radius 3 is 2.61 bits per heavy atom. The van der Waals surface area contributed by atoms with Crippen molar-refractivity contribution in [3.05, 3.63) is 23.8 Å². The number of nitrogens with one attached hydrogen (secondary N) is 1. The fraction of sp³-hybridized carbons (Fsp3) is 0.462. The molecule has 18 heavy (non-hydrogen) atoms. The normalized spacial score (nSPS) is 22.9. The van der Waals surface area contributed by atoms with E-state index in [1.807, 2.05) is 0 Å². The molecule has 98 valence electrons. The van der Waals surface area contributed by atoms with Crippen LogP contribution in [-0.2, 0) is 0 Å². The molecular weight excluding hydrogens is 254 g/mol. The van der Waals surface area contributed by atoms with E-state index in [0.29, 0.717) is 5.88 Å². The van der Waals surface area contributed by atoms with Gasteiger partial charge >= 0.3 is 0 Å². The number of aromatic hydroxyl groups is 2. The molecule has 0 bridgehead atoms. The van der Waals surface area contributed by atoms with Gasteiger partial charge in [-0.3, -0.25) is 4.79 Å². The maximum absolute atomic E-state index is 12.0. The Bertz CT molecular complexity index is 430. The molecule has 5 heteroatoms. The van der Waals surface area contributed by atoms with Crippen molar-refractivity contribution in [3.63, 3.8) is 0 Å². The molecule has 1 aliphatic rings. The predicted molar refractivity (Wildman–Crippen MR) is 69.1 cm³/mol. The molecule has 1 aromatic rings. The molecule has 0 aromatic heterocycles. The summed E-state index contributed by atoms with van der Waals surface area (Å²) < 4.78 is 0. The first-order chi connectivity index (χ1) is 8.63. The number of rotatable bonds is 3. The number of phenolic OH excluding ortho intramolecular Hbond substituents is 2. The molecule has 2 rings (SSSR count). The summed E-state index contributed by atoms with van der Waals surface area (Å²) in [5.41, 5.74) is -0.0716. The molecule has 0 heterocycles. The van der Waals surface area contributed by atoms with Crippen LogP contribution in [0.15, 0.2) is 18.2 Å². The van der Waals surface area contributed by atoms with Crippen LogP contribution >= 0.6 is 11.6 Å². The Hall–Kier alpha value is -1.42. The van der Waals surface area contributed by atoms with Crippen molar-refractivity contribution in [2.45, 2.75) is 25.3 Å². The van der Waals surface area contributed by atoms with Crippen LogP contribution in [-0.4, -0.2) is 28.0 Å². The fourth-order valence-electron chi connectivity index (χ4n) is 2.41. The molecule has 1 aliphatic carbocycles. The third-order valence-electron chi connectivity index (χ3n) is 3.42. The molecule has 1 amide bonds. The number of carbonyl (C=O) groups is 1. The molecular formula is C13H16ClNO3. The Balaban J connectivity index is 2.12. The van der Waals surface area contributed by atoms with E-state index in [2.05, 4.69) is 5.32 Å². The highest BCUT2D eigenvalue weighted by molar-refractivity contribution is 6.18. The van der Waals surface area contributed by atoms with Crippen molar-refractivity contribution < 1.29 is 15.0 Å². The Labute approximate surface area is 111 Å². The first-order valence-corrected chi connectivity index (χ1v) is 6.54. The van der Waals surface area contributed by atoms with Gasteiger partial charge in [0, 0.05) is 11.9 Å². The van der Waals surface area contributed by atoms with Gasteiger partial charge in [-0.15, -0.1) is 11.6 Å². The van der Waals surface area contributed by atoms with Crippen molar-refractivity contribution in [2.24, 2.45) is 5.92 Å². The first kappa shape index (κ1) is 13.0. The smallest absolute Gasteiger partial charge is 0.259 e. The topological polar surface area (TPSA) is 69.6 Å². The number of halogens is 1. The second kappa shape index (κ2) is 5.48. The van der Waals surface area contributed by atoms with E-state index in [1.165, 1.54) is 18.2 Å². The van der Waals surface area contributed by atoms with Crippen molar-refractivity contribution in [1.29, 1.82) is 0 Å². The Morgan fingerprint density at radius 1 is 1.33 bits per heavy atom. The summed E-state index contributed by atoms with van der Waals surface area (Å²) in [6.45, 7) is 0. The van der Waals surface area contributed by atoms with E-state index in [-0.39, 0.29) is 29.0 Å². The average molecular weight is 270 g/mol. The third-order valence-corrected chi connectivity index (χ3v) is 3.82. The SMILES string of the molecule is O=C(NC1CCCC1CCl)c1c(O)cccc1O. The van der Waals surface area contributed by atoms with Crippen LogP contribution in [0.2, 0.25) is 0 Å². The summed E-state index contributed by atoms with van der Waals surface area (Å²) >= 11 is 5.84. The van der Waals surface area contributed by atoms with E-state index in [0.717, 1.165) is 19.3 Å². The van der Waals surface area contributed by atoms with Gasteiger partial charge in [0.1, 0.15) is 17.1 Å². The van der Waals surface area contributed by atoms with Crippen LogP contribution in [0.25, 0.3) is 0 Å². The van der Waals surface area contributed by atoms with Crippen LogP contribution < -0.4 is 5.32 Å². The maximum Gasteiger partial charge on any atom is 0.259 e. The summed E-state index contributed by atoms with van der Waals surface area (Å²) in [7, 11) is 0. The zero-order chi connectivity index (χ0) is 13.1. The van der Waals surface area contributed by atoms with Crippen molar-refractivity contribution in [2.75, 3.05) is 5.88 Å². The zero-order valence-corrected chi connectivity index (χ0v) is 10.7. The predicted octanol–water partition coefficient (Wildman–Crippen LogP) is 2.24. The van der Waals surface area contributed by atoms with Crippen molar-refractivity contribution in [3.8, 4) is 11.5 Å². The van der Waals surface area contributed by atoms with Crippen molar-refractivity contribution >= 4 is 17.5 Å². The highest BCUT2D eigenvalue weighted by Crippen LogP contribution is 2.29. The molecule has 3 N–H and O–H groups in total. The van der Waals surface area contributed by atoms with Gasteiger partial charge in [-0.2, -0.15) is 0 Å². The second-order valence-electron chi connectivity index (χ2n) is 4.60. The molecule has 1 fully saturated rings. The number of hydrogen-bond donors (Lipinski definition) is 3. The summed E-state index contributed by atoms with van der Waals surface area (Å²) in [6.07, 6.45) is 2.92. The standard InChI is InChI=1S/C13H16ClNO3/c14-7-8-3-1-4-9(8)15-13(18)12-10(16)5-2-6-11(12)17/h2,5-6,8-9,16-17H,1,3-4,7H2,(H,15,18). The molecule has 4 nitrogen and oxygen atoms in total. The van der Waals surface area contributed by atoms with E-state index >= 15 is 0 Å². The Kier molecular flexibility index (Phi) is 3.97. The highest BCUT2D eigenvalue weighted by atomic mass is 35.5. The van der Waals surface area contributed by atoms with Gasteiger partial charge < -0.3 is 15.5 Å². The van der Waals surface area contributed by atoms with Crippen LogP contribution in [0.4, 0.5) is 0 Å². The molecule has 0 saturated heterocycles. The minimum absolute atomic E-state index is 0.0222. The van der Waals surface area contributed by atoms with Crippen LogP contribution in [0.3, 0.4) is 0 Å². The van der Waals surface area contributed by atoms with Crippen LogP contribution in [0, 0.1) is 5.92 Å². The van der Waals surface area contributed by atoms with Gasteiger partial charge in [0.05, 0.1) is 0 Å². The number of benzene rings is 1. The zero-order valence-electron chi connectivity index (χ0n) is 9.90. The van der Waals surface area contributed by atoms with E-state index in [1.54, 1.807) is 0 Å². The monoisotopic (exact) mass is 269 g/mol. The van der Waals surface area contributed by atoms with Gasteiger partial charge in [0.15, 0.2) is 0 Å². The number of carbonyl (C=O) groups excluding carboxylic acids is 1. The highest BCUT2D eigenvalue weighted by Gasteiger charge is 2.29. The third kappa shape index (κ3) is 2.53. The molecule has 1 saturated carbocycles. The molecule has 0 aliphatic heterocycles. The molecule has 2 atom stereocenters. The summed E-state index contributed by atoms with van der Waals surface area (Å²) in [5.74, 6) is -0.102. The van der Waals surface area contributed by atoms with E-state index < -0.39 is 5.91 Å². The number of phenols is 2. The summed E-state index contributed by atoms with van der Waals surface area (Å²) in [6, 6.07) is 4.26. The number of amides is 1. The Morgan fingerprint density at radius 2 is 2.00 bits per heavy atom.